The van der Waals surface area contributed by atoms with Crippen LogP contribution in [0.15, 0.2) is 69.0 Å². The molecule has 0 aliphatic heterocycles. The van der Waals surface area contributed by atoms with E-state index in [1.54, 1.807) is 24.3 Å². The van der Waals surface area contributed by atoms with E-state index < -0.39 is 15.4 Å². The summed E-state index contributed by atoms with van der Waals surface area (Å²) in [5.41, 5.74) is 1.45. The number of hydrogen-bond donors (Lipinski definition) is 1. The van der Waals surface area contributed by atoms with Gasteiger partial charge in [-0.3, -0.25) is 14.2 Å². The number of furan rings is 1. The Labute approximate surface area is 165 Å². The van der Waals surface area contributed by atoms with E-state index in [1.807, 2.05) is 12.1 Å². The van der Waals surface area contributed by atoms with Crippen molar-refractivity contribution in [2.45, 2.75) is 18.0 Å². The number of benzene rings is 2. The molecule has 0 unspecified atom stereocenters. The molecule has 0 saturated carbocycles. The van der Waals surface area contributed by atoms with Crippen molar-refractivity contribution < 1.29 is 17.6 Å². The zero-order valence-corrected chi connectivity index (χ0v) is 16.3. The van der Waals surface area contributed by atoms with E-state index in [2.05, 4.69) is 10.3 Å². The monoisotopic (exact) mass is 411 g/mol. The molecule has 2 aromatic carbocycles. The van der Waals surface area contributed by atoms with Crippen LogP contribution in [0.3, 0.4) is 0 Å². The average Bonchev–Trinajstić information content (AvgIpc) is 3.08. The SMILES string of the molecule is CS(=O)(=O)c1ccc(CNC(=O)Cn2cnc3c(oc4ccccc43)c2=O)cc1. The molecule has 0 aliphatic carbocycles. The molecular weight excluding hydrogens is 394 g/mol. The predicted molar refractivity (Wildman–Crippen MR) is 107 cm³/mol. The zero-order chi connectivity index (χ0) is 20.6. The quantitative estimate of drug-likeness (QED) is 0.537. The molecule has 0 bridgehead atoms. The second-order valence-corrected chi connectivity index (χ2v) is 8.66. The first-order chi connectivity index (χ1) is 13.8. The number of carbonyl (C=O) groups is 1. The number of aromatic nitrogens is 2. The maximum absolute atomic E-state index is 12.6. The summed E-state index contributed by atoms with van der Waals surface area (Å²) >= 11 is 0. The smallest absolute Gasteiger partial charge is 0.297 e. The minimum Gasteiger partial charge on any atom is -0.448 e. The van der Waals surface area contributed by atoms with Crippen molar-refractivity contribution in [3.05, 3.63) is 70.8 Å². The van der Waals surface area contributed by atoms with Crippen molar-refractivity contribution in [2.75, 3.05) is 6.26 Å². The first-order valence-corrected chi connectivity index (χ1v) is 10.6. The fourth-order valence-corrected chi connectivity index (χ4v) is 3.62. The highest BCUT2D eigenvalue weighted by Gasteiger charge is 2.14. The van der Waals surface area contributed by atoms with E-state index in [0.29, 0.717) is 11.1 Å². The normalized spacial score (nSPS) is 11.8. The second kappa shape index (κ2) is 7.17. The number of para-hydroxylation sites is 1. The lowest BCUT2D eigenvalue weighted by molar-refractivity contribution is -0.121. The van der Waals surface area contributed by atoms with E-state index in [4.69, 9.17) is 4.42 Å². The lowest BCUT2D eigenvalue weighted by Gasteiger charge is -2.07. The Morgan fingerprint density at radius 1 is 1.14 bits per heavy atom. The van der Waals surface area contributed by atoms with Gasteiger partial charge in [-0.05, 0) is 29.8 Å². The molecule has 0 atom stereocenters. The summed E-state index contributed by atoms with van der Waals surface area (Å²) in [6, 6.07) is 13.4. The molecule has 0 aliphatic rings. The predicted octanol–water partition coefficient (Wildman–Crippen LogP) is 1.86. The van der Waals surface area contributed by atoms with Crippen LogP contribution >= 0.6 is 0 Å². The minimum atomic E-state index is -3.27. The Kier molecular flexibility index (Phi) is 4.67. The summed E-state index contributed by atoms with van der Waals surface area (Å²) < 4.78 is 29.7. The molecule has 1 N–H and O–H groups in total. The van der Waals surface area contributed by atoms with Gasteiger partial charge < -0.3 is 9.73 Å². The van der Waals surface area contributed by atoms with Gasteiger partial charge in [0, 0.05) is 18.2 Å². The highest BCUT2D eigenvalue weighted by Crippen LogP contribution is 2.23. The first-order valence-electron chi connectivity index (χ1n) is 8.75. The Morgan fingerprint density at radius 3 is 2.59 bits per heavy atom. The zero-order valence-electron chi connectivity index (χ0n) is 15.5. The molecule has 148 valence electrons. The molecule has 2 heterocycles. The fraction of sp³-hybridized carbons (Fsp3) is 0.150. The lowest BCUT2D eigenvalue weighted by Crippen LogP contribution is -2.32. The van der Waals surface area contributed by atoms with Gasteiger partial charge >= 0.3 is 0 Å². The topological polar surface area (TPSA) is 111 Å². The van der Waals surface area contributed by atoms with E-state index in [-0.39, 0.29) is 29.5 Å². The van der Waals surface area contributed by atoms with Crippen LogP contribution < -0.4 is 10.9 Å². The van der Waals surface area contributed by atoms with Crippen molar-refractivity contribution >= 4 is 37.8 Å². The number of nitrogens with zero attached hydrogens (tertiary/aromatic N) is 2. The Balaban J connectivity index is 1.48. The van der Waals surface area contributed by atoms with E-state index in [1.165, 1.54) is 23.0 Å². The Hall–Kier alpha value is -3.46. The number of fused-ring (bicyclic) bond motifs is 3. The summed E-state index contributed by atoms with van der Waals surface area (Å²) in [4.78, 5) is 29.4. The molecule has 29 heavy (non-hydrogen) atoms. The maximum atomic E-state index is 12.6. The van der Waals surface area contributed by atoms with Crippen LogP contribution in [0.5, 0.6) is 0 Å². The number of amides is 1. The molecule has 1 amide bonds. The summed E-state index contributed by atoms with van der Waals surface area (Å²) in [5, 5.41) is 3.45. The highest BCUT2D eigenvalue weighted by atomic mass is 32.2. The van der Waals surface area contributed by atoms with Crippen LogP contribution in [0.4, 0.5) is 0 Å². The van der Waals surface area contributed by atoms with Crippen molar-refractivity contribution in [2.24, 2.45) is 0 Å². The summed E-state index contributed by atoms with van der Waals surface area (Å²) in [5.74, 6) is -0.378. The van der Waals surface area contributed by atoms with E-state index in [9.17, 15) is 18.0 Å². The van der Waals surface area contributed by atoms with Gasteiger partial charge in [-0.2, -0.15) is 0 Å². The largest absolute Gasteiger partial charge is 0.448 e. The summed E-state index contributed by atoms with van der Waals surface area (Å²) in [6.07, 6.45) is 2.46. The molecule has 2 aromatic heterocycles. The Bertz CT molecular complexity index is 1390. The molecule has 8 nitrogen and oxygen atoms in total. The third kappa shape index (κ3) is 3.77. The van der Waals surface area contributed by atoms with E-state index in [0.717, 1.165) is 17.2 Å². The lowest BCUT2D eigenvalue weighted by atomic mass is 10.2. The summed E-state index contributed by atoms with van der Waals surface area (Å²) in [7, 11) is -3.27. The summed E-state index contributed by atoms with van der Waals surface area (Å²) in [6.45, 7) is -0.00181. The van der Waals surface area contributed by atoms with Crippen LogP contribution in [0.25, 0.3) is 22.1 Å². The van der Waals surface area contributed by atoms with Crippen molar-refractivity contribution in [1.29, 1.82) is 0 Å². The van der Waals surface area contributed by atoms with Crippen LogP contribution in [0, 0.1) is 0 Å². The standard InChI is InChI=1S/C20H17N3O5S/c1-29(26,27)14-8-6-13(7-9-14)10-21-17(24)11-23-12-22-18-15-4-2-3-5-16(15)28-19(18)20(23)25/h2-9,12H,10-11H2,1H3,(H,21,24). The minimum absolute atomic E-state index is 0.109. The molecule has 0 fully saturated rings. The van der Waals surface area contributed by atoms with Gasteiger partial charge in [0.05, 0.1) is 11.2 Å². The van der Waals surface area contributed by atoms with Crippen LogP contribution in [-0.2, 0) is 27.7 Å². The molecule has 4 aromatic rings. The number of rotatable bonds is 5. The van der Waals surface area contributed by atoms with Crippen LogP contribution in [-0.4, -0.2) is 30.1 Å². The number of hydrogen-bond acceptors (Lipinski definition) is 6. The number of nitrogens with one attached hydrogen (secondary N) is 1. The van der Waals surface area contributed by atoms with Gasteiger partial charge in [-0.1, -0.05) is 24.3 Å². The van der Waals surface area contributed by atoms with Crippen LogP contribution in [0.2, 0.25) is 0 Å². The van der Waals surface area contributed by atoms with Crippen molar-refractivity contribution in [3.8, 4) is 0 Å². The first kappa shape index (κ1) is 18.9. The second-order valence-electron chi connectivity index (χ2n) is 6.65. The van der Waals surface area contributed by atoms with Gasteiger partial charge in [-0.15, -0.1) is 0 Å². The van der Waals surface area contributed by atoms with Gasteiger partial charge in [0.2, 0.25) is 11.5 Å². The molecular formula is C20H17N3O5S. The number of sulfone groups is 1. The fourth-order valence-electron chi connectivity index (χ4n) is 2.99. The number of carbonyl (C=O) groups excluding carboxylic acids is 1. The van der Waals surface area contributed by atoms with Gasteiger partial charge in [0.15, 0.2) is 9.84 Å². The molecule has 4 rings (SSSR count). The van der Waals surface area contributed by atoms with Crippen molar-refractivity contribution in [3.63, 3.8) is 0 Å². The molecule has 0 radical (unpaired) electrons. The highest BCUT2D eigenvalue weighted by molar-refractivity contribution is 7.90. The van der Waals surface area contributed by atoms with Gasteiger partial charge in [0.25, 0.3) is 5.56 Å². The molecule has 9 heteroatoms. The van der Waals surface area contributed by atoms with Crippen molar-refractivity contribution in [1.82, 2.24) is 14.9 Å². The van der Waals surface area contributed by atoms with E-state index >= 15 is 0 Å². The van der Waals surface area contributed by atoms with Crippen LogP contribution in [0.1, 0.15) is 5.56 Å². The average molecular weight is 411 g/mol. The third-order valence-electron chi connectivity index (χ3n) is 4.51. The maximum Gasteiger partial charge on any atom is 0.297 e. The molecule has 0 saturated heterocycles. The Morgan fingerprint density at radius 2 is 1.86 bits per heavy atom. The third-order valence-corrected chi connectivity index (χ3v) is 5.63. The van der Waals surface area contributed by atoms with Gasteiger partial charge in [-0.25, -0.2) is 13.4 Å². The molecule has 0 spiro atoms. The van der Waals surface area contributed by atoms with Gasteiger partial charge in [0.1, 0.15) is 17.6 Å².